The van der Waals surface area contributed by atoms with Gasteiger partial charge < -0.3 is 15.2 Å². The van der Waals surface area contributed by atoms with E-state index in [0.717, 1.165) is 6.07 Å². The number of H-pyrrole nitrogens is 1. The summed E-state index contributed by atoms with van der Waals surface area (Å²) >= 11 is 0. The molecule has 0 aliphatic rings. The molecule has 1 aromatic rings. The molecule has 3 N–H and O–H groups in total. The maximum absolute atomic E-state index is 10.1. The Morgan fingerprint density at radius 3 is 2.56 bits per heavy atom. The van der Waals surface area contributed by atoms with Gasteiger partial charge in [-0.15, -0.1) is 0 Å². The van der Waals surface area contributed by atoms with Crippen molar-refractivity contribution < 1.29 is 15.0 Å². The van der Waals surface area contributed by atoms with Crippen molar-refractivity contribution >= 4 is 5.97 Å². The van der Waals surface area contributed by atoms with Crippen LogP contribution in [0.5, 0.6) is 5.75 Å². The number of aromatic amines is 1. The predicted octanol–water partition coefficient (Wildman–Crippen LogP) is 0.418. The predicted molar refractivity (Wildman–Crippen MR) is 29.4 cm³/mol. The molecule has 0 saturated carbocycles. The lowest BCUT2D eigenvalue weighted by molar-refractivity contribution is 0.0691. The number of carbonyl (C=O) groups is 1. The molecule has 4 heteroatoms. The maximum Gasteiger partial charge on any atom is 0.352 e. The van der Waals surface area contributed by atoms with Crippen LogP contribution < -0.4 is 0 Å². The van der Waals surface area contributed by atoms with E-state index in [9.17, 15) is 4.79 Å². The highest BCUT2D eigenvalue weighted by Crippen LogP contribution is 2.08. The molecule has 0 saturated heterocycles. The van der Waals surface area contributed by atoms with Gasteiger partial charge in [0.15, 0.2) is 0 Å². The standard InChI is InChI=1S/C5H5NO3/c7-3-1-4(5(8)9)6-2-3/h1-2,6-7H,(H,8,9). The van der Waals surface area contributed by atoms with E-state index in [2.05, 4.69) is 4.98 Å². The highest BCUT2D eigenvalue weighted by atomic mass is 16.4. The van der Waals surface area contributed by atoms with Crippen molar-refractivity contribution in [3.8, 4) is 5.75 Å². The Balaban J connectivity index is 2.98. The first-order valence-electron chi connectivity index (χ1n) is 2.31. The van der Waals surface area contributed by atoms with Gasteiger partial charge in [0, 0.05) is 12.3 Å². The van der Waals surface area contributed by atoms with Gasteiger partial charge in [0.05, 0.1) is 0 Å². The third-order valence-corrected chi connectivity index (χ3v) is 0.898. The summed E-state index contributed by atoms with van der Waals surface area (Å²) in [5, 5.41) is 16.9. The minimum Gasteiger partial charge on any atom is -0.506 e. The zero-order chi connectivity index (χ0) is 6.85. The van der Waals surface area contributed by atoms with Gasteiger partial charge in [0.2, 0.25) is 0 Å². The number of carboxylic acids is 1. The van der Waals surface area contributed by atoms with Crippen molar-refractivity contribution in [2.75, 3.05) is 0 Å². The molecule has 1 aromatic heterocycles. The topological polar surface area (TPSA) is 73.3 Å². The van der Waals surface area contributed by atoms with Crippen LogP contribution in [0.4, 0.5) is 0 Å². The van der Waals surface area contributed by atoms with Crippen LogP contribution in [0, 0.1) is 0 Å². The maximum atomic E-state index is 10.1. The Bertz CT molecular complexity index is 228. The SMILES string of the molecule is O=C(O)c1cc(O)c[nH]1. The van der Waals surface area contributed by atoms with Crippen LogP contribution in [0.3, 0.4) is 0 Å². The Morgan fingerprint density at radius 1 is 1.67 bits per heavy atom. The van der Waals surface area contributed by atoms with Gasteiger partial charge in [-0.2, -0.15) is 0 Å². The van der Waals surface area contributed by atoms with Crippen LogP contribution in [0.15, 0.2) is 12.3 Å². The Hall–Kier alpha value is -1.45. The fourth-order valence-electron chi connectivity index (χ4n) is 0.506. The number of hydrogen-bond acceptors (Lipinski definition) is 2. The number of aromatic hydroxyl groups is 1. The first kappa shape index (κ1) is 5.68. The van der Waals surface area contributed by atoms with Crippen molar-refractivity contribution in [1.29, 1.82) is 0 Å². The van der Waals surface area contributed by atoms with Gasteiger partial charge in [0.25, 0.3) is 0 Å². The van der Waals surface area contributed by atoms with E-state index < -0.39 is 5.97 Å². The molecular weight excluding hydrogens is 122 g/mol. The van der Waals surface area contributed by atoms with E-state index in [1.807, 2.05) is 0 Å². The third kappa shape index (κ3) is 1.02. The number of nitrogens with one attached hydrogen (secondary N) is 1. The summed E-state index contributed by atoms with van der Waals surface area (Å²) in [6.07, 6.45) is 1.21. The lowest BCUT2D eigenvalue weighted by atomic mass is 10.4. The van der Waals surface area contributed by atoms with E-state index >= 15 is 0 Å². The number of hydrogen-bond donors (Lipinski definition) is 3. The highest BCUT2D eigenvalue weighted by molar-refractivity contribution is 5.85. The molecule has 0 aromatic carbocycles. The second kappa shape index (κ2) is 1.81. The summed E-state index contributed by atoms with van der Waals surface area (Å²) in [5.74, 6) is -1.14. The smallest absolute Gasteiger partial charge is 0.352 e. The first-order valence-corrected chi connectivity index (χ1v) is 2.31. The zero-order valence-corrected chi connectivity index (χ0v) is 4.46. The van der Waals surface area contributed by atoms with Crippen LogP contribution in [0.2, 0.25) is 0 Å². The van der Waals surface area contributed by atoms with Crippen molar-refractivity contribution in [2.24, 2.45) is 0 Å². The molecule has 1 heterocycles. The molecule has 48 valence electrons. The first-order chi connectivity index (χ1) is 4.20. The largest absolute Gasteiger partial charge is 0.506 e. The van der Waals surface area contributed by atoms with Crippen molar-refractivity contribution in [3.63, 3.8) is 0 Å². The molecule has 1 rings (SSSR count). The molecule has 0 fully saturated rings. The minimum atomic E-state index is -1.07. The monoisotopic (exact) mass is 127 g/mol. The zero-order valence-electron chi connectivity index (χ0n) is 4.46. The Kier molecular flexibility index (Phi) is 1.14. The second-order valence-corrected chi connectivity index (χ2v) is 1.58. The molecule has 0 unspecified atom stereocenters. The summed E-state index contributed by atoms with van der Waals surface area (Å²) in [5.41, 5.74) is -0.00694. The molecule has 0 bridgehead atoms. The molecule has 0 aliphatic carbocycles. The summed E-state index contributed by atoms with van der Waals surface area (Å²) in [6, 6.07) is 1.14. The molecule has 9 heavy (non-hydrogen) atoms. The van der Waals surface area contributed by atoms with Gasteiger partial charge >= 0.3 is 5.97 Å². The van der Waals surface area contributed by atoms with Crippen molar-refractivity contribution in [2.45, 2.75) is 0 Å². The van der Waals surface area contributed by atoms with Crippen LogP contribution in [0.25, 0.3) is 0 Å². The van der Waals surface area contributed by atoms with E-state index in [4.69, 9.17) is 10.2 Å². The van der Waals surface area contributed by atoms with Crippen LogP contribution in [-0.2, 0) is 0 Å². The van der Waals surface area contributed by atoms with Gasteiger partial charge in [-0.05, 0) is 0 Å². The van der Waals surface area contributed by atoms with E-state index in [-0.39, 0.29) is 11.4 Å². The summed E-state index contributed by atoms with van der Waals surface area (Å²) in [6.45, 7) is 0. The van der Waals surface area contributed by atoms with Gasteiger partial charge in [-0.25, -0.2) is 4.79 Å². The third-order valence-electron chi connectivity index (χ3n) is 0.898. The second-order valence-electron chi connectivity index (χ2n) is 1.58. The van der Waals surface area contributed by atoms with Crippen LogP contribution >= 0.6 is 0 Å². The molecule has 0 atom stereocenters. The van der Waals surface area contributed by atoms with Gasteiger partial charge in [-0.1, -0.05) is 0 Å². The molecule has 0 spiro atoms. The van der Waals surface area contributed by atoms with Crippen LogP contribution in [-0.4, -0.2) is 21.2 Å². The average Bonchev–Trinajstić information content (AvgIpc) is 2.14. The number of aromatic carboxylic acids is 1. The lowest BCUT2D eigenvalue weighted by Gasteiger charge is -1.80. The Labute approximate surface area is 50.8 Å². The van der Waals surface area contributed by atoms with Gasteiger partial charge in [0.1, 0.15) is 11.4 Å². The fraction of sp³-hybridized carbons (Fsp3) is 0. The van der Waals surface area contributed by atoms with Crippen molar-refractivity contribution in [3.05, 3.63) is 18.0 Å². The quantitative estimate of drug-likeness (QED) is 0.511. The normalized spacial score (nSPS) is 9.33. The van der Waals surface area contributed by atoms with Crippen LogP contribution in [0.1, 0.15) is 10.5 Å². The summed E-state index contributed by atoms with van der Waals surface area (Å²) in [7, 11) is 0. The van der Waals surface area contributed by atoms with E-state index in [1.165, 1.54) is 6.20 Å². The lowest BCUT2D eigenvalue weighted by Crippen LogP contribution is -1.94. The minimum absolute atomic E-state index is 0.00694. The highest BCUT2D eigenvalue weighted by Gasteiger charge is 2.03. The molecule has 4 nitrogen and oxygen atoms in total. The number of aromatic nitrogens is 1. The molecule has 0 radical (unpaired) electrons. The Morgan fingerprint density at radius 2 is 2.33 bits per heavy atom. The van der Waals surface area contributed by atoms with Crippen molar-refractivity contribution in [1.82, 2.24) is 4.98 Å². The fourth-order valence-corrected chi connectivity index (χ4v) is 0.506. The summed E-state index contributed by atoms with van der Waals surface area (Å²) < 4.78 is 0. The number of rotatable bonds is 1. The number of carboxylic acid groups (broad SMARTS) is 1. The van der Waals surface area contributed by atoms with E-state index in [1.54, 1.807) is 0 Å². The molecular formula is C5H5NO3. The summed E-state index contributed by atoms with van der Waals surface area (Å²) in [4.78, 5) is 12.4. The molecule has 0 amide bonds. The van der Waals surface area contributed by atoms with E-state index in [0.29, 0.717) is 0 Å². The van der Waals surface area contributed by atoms with Gasteiger partial charge in [-0.3, -0.25) is 0 Å². The average molecular weight is 127 g/mol. The molecule has 0 aliphatic heterocycles.